The third-order valence-corrected chi connectivity index (χ3v) is 9.69. The molecular formula is C22H36O2Si. The maximum atomic E-state index is 9.95. The van der Waals surface area contributed by atoms with E-state index in [2.05, 4.69) is 58.7 Å². The molecule has 1 N–H and O–H groups in total. The fourth-order valence-electron chi connectivity index (χ4n) is 2.28. The molecule has 0 radical (unpaired) electrons. The van der Waals surface area contributed by atoms with Crippen molar-refractivity contribution in [3.05, 3.63) is 47.2 Å². The Hall–Kier alpha value is -1.12. The first-order valence-electron chi connectivity index (χ1n) is 9.46. The maximum absolute atomic E-state index is 9.95. The molecule has 1 rings (SSSR count). The molecule has 25 heavy (non-hydrogen) atoms. The Morgan fingerprint density at radius 2 is 1.88 bits per heavy atom. The normalized spacial score (nSPS) is 13.2. The average molecular weight is 361 g/mol. The zero-order valence-corrected chi connectivity index (χ0v) is 17.9. The van der Waals surface area contributed by atoms with Crippen LogP contribution in [0, 0.1) is 5.92 Å². The summed E-state index contributed by atoms with van der Waals surface area (Å²) in [6, 6.07) is 10.2. The molecule has 0 fully saturated rings. The van der Waals surface area contributed by atoms with E-state index in [0.29, 0.717) is 6.61 Å². The highest BCUT2D eigenvalue weighted by Gasteiger charge is 2.37. The fourth-order valence-corrected chi connectivity index (χ4v) is 3.33. The molecule has 0 aromatic heterocycles. The molecule has 0 spiro atoms. The Bertz CT molecular complexity index is 563. The van der Waals surface area contributed by atoms with E-state index in [1.54, 1.807) is 0 Å². The topological polar surface area (TPSA) is 29.5 Å². The van der Waals surface area contributed by atoms with Crippen molar-refractivity contribution in [2.75, 3.05) is 13.2 Å². The molecule has 0 aliphatic carbocycles. The first-order valence-corrected chi connectivity index (χ1v) is 12.4. The Kier molecular flexibility index (Phi) is 8.88. The van der Waals surface area contributed by atoms with E-state index in [1.165, 1.54) is 5.57 Å². The zero-order chi connectivity index (χ0) is 18.9. The van der Waals surface area contributed by atoms with Gasteiger partial charge in [-0.05, 0) is 48.2 Å². The molecule has 0 saturated heterocycles. The Morgan fingerprint density at radius 3 is 2.40 bits per heavy atom. The Morgan fingerprint density at radius 1 is 1.24 bits per heavy atom. The molecule has 0 aliphatic heterocycles. The smallest absolute Gasteiger partial charge is 0.192 e. The second-order valence-electron chi connectivity index (χ2n) is 8.28. The van der Waals surface area contributed by atoms with E-state index < -0.39 is 8.32 Å². The molecule has 0 unspecified atom stereocenters. The lowest BCUT2D eigenvalue weighted by Gasteiger charge is -2.37. The highest BCUT2D eigenvalue weighted by atomic mass is 28.4. The van der Waals surface area contributed by atoms with Gasteiger partial charge in [-0.1, -0.05) is 64.4 Å². The van der Waals surface area contributed by atoms with Gasteiger partial charge in [0.1, 0.15) is 0 Å². The van der Waals surface area contributed by atoms with Gasteiger partial charge in [0.05, 0.1) is 6.61 Å². The van der Waals surface area contributed by atoms with Crippen molar-refractivity contribution >= 4 is 14.4 Å². The summed E-state index contributed by atoms with van der Waals surface area (Å²) in [4.78, 5) is 0. The van der Waals surface area contributed by atoms with Crippen LogP contribution in [0.1, 0.15) is 52.5 Å². The summed E-state index contributed by atoms with van der Waals surface area (Å²) < 4.78 is 6.36. The van der Waals surface area contributed by atoms with Gasteiger partial charge in [0.15, 0.2) is 8.32 Å². The monoisotopic (exact) mass is 360 g/mol. The van der Waals surface area contributed by atoms with Crippen molar-refractivity contribution in [2.45, 2.75) is 65.1 Å². The van der Waals surface area contributed by atoms with Gasteiger partial charge in [-0.3, -0.25) is 0 Å². The van der Waals surface area contributed by atoms with Gasteiger partial charge in [0.2, 0.25) is 0 Å². The molecule has 140 valence electrons. The Balaban J connectivity index is 2.96. The van der Waals surface area contributed by atoms with Crippen LogP contribution in [0.25, 0.3) is 6.08 Å². The Labute approximate surface area is 155 Å². The summed E-state index contributed by atoms with van der Waals surface area (Å²) in [5.41, 5.74) is 5.77. The van der Waals surface area contributed by atoms with E-state index in [4.69, 9.17) is 4.43 Å². The van der Waals surface area contributed by atoms with Gasteiger partial charge in [0.25, 0.3) is 0 Å². The molecule has 1 aromatic rings. The molecule has 1 atom stereocenters. The minimum Gasteiger partial charge on any atom is -0.416 e. The SMILES string of the molecule is CCCCC(=C=Cc1ccccc1)[C@@H](CO)CO[Si](C)(C)C(C)(C)C. The minimum atomic E-state index is -1.81. The van der Waals surface area contributed by atoms with Crippen LogP contribution in [0.3, 0.4) is 0 Å². The van der Waals surface area contributed by atoms with E-state index in [0.717, 1.165) is 24.8 Å². The number of aliphatic hydroxyl groups excluding tert-OH is 1. The van der Waals surface area contributed by atoms with Crippen molar-refractivity contribution in [2.24, 2.45) is 5.92 Å². The summed E-state index contributed by atoms with van der Waals surface area (Å²) in [7, 11) is -1.81. The van der Waals surface area contributed by atoms with E-state index in [-0.39, 0.29) is 17.6 Å². The van der Waals surface area contributed by atoms with Crippen molar-refractivity contribution in [3.63, 3.8) is 0 Å². The number of unbranched alkanes of at least 4 members (excludes halogenated alkanes) is 1. The molecule has 0 bridgehead atoms. The largest absolute Gasteiger partial charge is 0.416 e. The molecule has 0 aliphatic rings. The molecular weight excluding hydrogens is 324 g/mol. The summed E-state index contributed by atoms with van der Waals surface area (Å²) >= 11 is 0. The van der Waals surface area contributed by atoms with E-state index in [9.17, 15) is 5.11 Å². The van der Waals surface area contributed by atoms with Crippen molar-refractivity contribution in [1.82, 2.24) is 0 Å². The number of benzene rings is 1. The van der Waals surface area contributed by atoms with Crippen molar-refractivity contribution < 1.29 is 9.53 Å². The lowest BCUT2D eigenvalue weighted by atomic mass is 9.96. The number of hydrogen-bond acceptors (Lipinski definition) is 2. The molecule has 1 aromatic carbocycles. The zero-order valence-electron chi connectivity index (χ0n) is 16.9. The van der Waals surface area contributed by atoms with Crippen LogP contribution in [0.4, 0.5) is 0 Å². The van der Waals surface area contributed by atoms with E-state index >= 15 is 0 Å². The van der Waals surface area contributed by atoms with Gasteiger partial charge in [0, 0.05) is 12.5 Å². The van der Waals surface area contributed by atoms with Crippen molar-refractivity contribution in [1.29, 1.82) is 0 Å². The lowest BCUT2D eigenvalue weighted by Crippen LogP contribution is -2.42. The van der Waals surface area contributed by atoms with Crippen LogP contribution in [-0.4, -0.2) is 26.6 Å². The second kappa shape index (κ2) is 10.1. The number of aliphatic hydroxyl groups is 1. The van der Waals surface area contributed by atoms with Crippen LogP contribution < -0.4 is 0 Å². The quantitative estimate of drug-likeness (QED) is 0.429. The summed E-state index contributed by atoms with van der Waals surface area (Å²) in [5, 5.41) is 10.1. The highest BCUT2D eigenvalue weighted by molar-refractivity contribution is 6.74. The molecule has 0 saturated carbocycles. The van der Waals surface area contributed by atoms with Gasteiger partial charge in [-0.25, -0.2) is 0 Å². The predicted octanol–water partition coefficient (Wildman–Crippen LogP) is 6.05. The van der Waals surface area contributed by atoms with Crippen LogP contribution in [-0.2, 0) is 4.43 Å². The standard InChI is InChI=1S/C22H36O2Si/c1-7-8-14-20(16-15-19-12-10-9-11-13-19)21(17-23)18-24-25(5,6)22(2,3)4/h9-13,15,21,23H,7-8,14,17-18H2,1-6H3/t16?,21-/m0/s1. The summed E-state index contributed by atoms with van der Waals surface area (Å²) in [6.45, 7) is 14.2. The number of hydrogen-bond donors (Lipinski definition) is 1. The first kappa shape index (κ1) is 21.9. The third kappa shape index (κ3) is 7.33. The second-order valence-corrected chi connectivity index (χ2v) is 13.1. The number of rotatable bonds is 9. The first-order chi connectivity index (χ1) is 11.7. The van der Waals surface area contributed by atoms with Crippen LogP contribution in [0.2, 0.25) is 18.1 Å². The fraction of sp³-hybridized carbons (Fsp3) is 0.591. The van der Waals surface area contributed by atoms with Gasteiger partial charge < -0.3 is 9.53 Å². The molecule has 0 amide bonds. The van der Waals surface area contributed by atoms with Gasteiger partial charge in [-0.15, -0.1) is 5.73 Å². The predicted molar refractivity (Wildman–Crippen MR) is 111 cm³/mol. The summed E-state index contributed by atoms with van der Waals surface area (Å²) in [5.74, 6) is 0.0284. The average Bonchev–Trinajstić information content (AvgIpc) is 2.56. The molecule has 2 nitrogen and oxygen atoms in total. The van der Waals surface area contributed by atoms with Crippen LogP contribution in [0.15, 0.2) is 41.6 Å². The lowest BCUT2D eigenvalue weighted by molar-refractivity contribution is 0.172. The maximum Gasteiger partial charge on any atom is 0.192 e. The van der Waals surface area contributed by atoms with Crippen molar-refractivity contribution in [3.8, 4) is 0 Å². The molecule has 3 heteroatoms. The minimum absolute atomic E-state index is 0.0284. The third-order valence-electron chi connectivity index (χ3n) is 5.19. The van der Waals surface area contributed by atoms with E-state index in [1.807, 2.05) is 24.3 Å². The summed E-state index contributed by atoms with van der Waals surface area (Å²) in [6.07, 6.45) is 5.24. The highest BCUT2D eigenvalue weighted by Crippen LogP contribution is 2.37. The van der Waals surface area contributed by atoms with Gasteiger partial charge >= 0.3 is 0 Å². The molecule has 0 heterocycles. The van der Waals surface area contributed by atoms with Gasteiger partial charge in [-0.2, -0.15) is 0 Å². The van der Waals surface area contributed by atoms with Crippen LogP contribution in [0.5, 0.6) is 0 Å². The van der Waals surface area contributed by atoms with Crippen LogP contribution >= 0.6 is 0 Å².